The normalized spacial score (nSPS) is 8.00. The van der Waals surface area contributed by atoms with E-state index in [4.69, 9.17) is 5.73 Å². The molecule has 0 radical (unpaired) electrons. The van der Waals surface area contributed by atoms with Crippen LogP contribution in [0.25, 0.3) is 0 Å². The summed E-state index contributed by atoms with van der Waals surface area (Å²) in [6, 6.07) is -0.665. The van der Waals surface area contributed by atoms with Gasteiger partial charge in [-0.3, -0.25) is 5.32 Å². The van der Waals surface area contributed by atoms with Crippen LogP contribution in [0.5, 0.6) is 0 Å². The highest BCUT2D eigenvalue weighted by molar-refractivity contribution is 7.80. The maximum Gasteiger partial charge on any atom is 0.318 e. The number of rotatable bonds is 2. The summed E-state index contributed by atoms with van der Waals surface area (Å²) >= 11 is 4.62. The first-order chi connectivity index (χ1) is 4.66. The van der Waals surface area contributed by atoms with Crippen molar-refractivity contribution in [2.45, 2.75) is 0 Å². The number of nitrogens with one attached hydrogen (secondary N) is 2. The quantitative estimate of drug-likeness (QED) is 0.383. The minimum absolute atomic E-state index is 0.215. The van der Waals surface area contributed by atoms with E-state index in [0.29, 0.717) is 6.54 Å². The molecule has 0 unspecified atom stereocenters. The number of carbonyl (C=O) groups is 1. The van der Waals surface area contributed by atoms with Crippen molar-refractivity contribution in [3.63, 3.8) is 0 Å². The van der Waals surface area contributed by atoms with Crippen LogP contribution in [0.3, 0.4) is 0 Å². The van der Waals surface area contributed by atoms with Gasteiger partial charge in [0.05, 0.1) is 0 Å². The predicted octanol–water partition coefficient (Wildman–Crippen LogP) is -0.285. The molecule has 4 nitrogen and oxygen atoms in total. The van der Waals surface area contributed by atoms with Gasteiger partial charge in [-0.15, -0.1) is 6.58 Å². The van der Waals surface area contributed by atoms with Crippen molar-refractivity contribution in [1.82, 2.24) is 10.6 Å². The molecule has 0 rings (SSSR count). The fraction of sp³-hybridized carbons (Fsp3) is 0.200. The lowest BCUT2D eigenvalue weighted by molar-refractivity contribution is 0.253. The van der Waals surface area contributed by atoms with Crippen molar-refractivity contribution >= 4 is 23.4 Å². The molecule has 0 fully saturated rings. The molecular formula is C5H9N3OS. The van der Waals surface area contributed by atoms with Crippen LogP contribution in [0.1, 0.15) is 0 Å². The van der Waals surface area contributed by atoms with Crippen LogP contribution in [0.2, 0.25) is 0 Å². The zero-order chi connectivity index (χ0) is 7.98. The molecule has 0 saturated carbocycles. The van der Waals surface area contributed by atoms with Gasteiger partial charge in [-0.2, -0.15) is 0 Å². The van der Waals surface area contributed by atoms with Gasteiger partial charge < -0.3 is 11.1 Å². The molecule has 0 atom stereocenters. The number of urea groups is 1. The number of hydrogen-bond acceptors (Lipinski definition) is 2. The molecule has 0 aromatic rings. The largest absolute Gasteiger partial charge is 0.359 e. The molecule has 0 spiro atoms. The Morgan fingerprint density at radius 1 is 1.80 bits per heavy atom. The summed E-state index contributed by atoms with van der Waals surface area (Å²) < 4.78 is 0. The molecule has 0 aliphatic rings. The van der Waals surface area contributed by atoms with Crippen LogP contribution in [0.4, 0.5) is 4.79 Å². The SMILES string of the molecule is C=CCNC(=S)NC(N)=O. The molecule has 0 aliphatic heterocycles. The van der Waals surface area contributed by atoms with Gasteiger partial charge in [0.15, 0.2) is 5.11 Å². The highest BCUT2D eigenvalue weighted by atomic mass is 32.1. The monoisotopic (exact) mass is 159 g/mol. The van der Waals surface area contributed by atoms with E-state index in [1.807, 2.05) is 0 Å². The molecule has 0 heterocycles. The van der Waals surface area contributed by atoms with Gasteiger partial charge in [-0.25, -0.2) is 4.79 Å². The average molecular weight is 159 g/mol. The van der Waals surface area contributed by atoms with Gasteiger partial charge >= 0.3 is 6.03 Å². The Morgan fingerprint density at radius 2 is 2.40 bits per heavy atom. The maximum absolute atomic E-state index is 10.1. The van der Waals surface area contributed by atoms with E-state index in [1.165, 1.54) is 0 Å². The summed E-state index contributed by atoms with van der Waals surface area (Å²) in [5, 5.41) is 5.07. The number of hydrogen-bond donors (Lipinski definition) is 3. The lowest BCUT2D eigenvalue weighted by atomic mass is 10.6. The second kappa shape index (κ2) is 4.75. The zero-order valence-corrected chi connectivity index (χ0v) is 6.20. The van der Waals surface area contributed by atoms with Crippen LogP contribution in [0, 0.1) is 0 Å². The number of primary amides is 1. The van der Waals surface area contributed by atoms with Crippen LogP contribution in [-0.4, -0.2) is 17.7 Å². The Balaban J connectivity index is 3.43. The zero-order valence-electron chi connectivity index (χ0n) is 5.39. The minimum atomic E-state index is -0.665. The fourth-order valence-electron chi connectivity index (χ4n) is 0.321. The van der Waals surface area contributed by atoms with Crippen molar-refractivity contribution in [2.75, 3.05) is 6.54 Å². The molecular weight excluding hydrogens is 150 g/mol. The van der Waals surface area contributed by atoms with Gasteiger partial charge in [0.25, 0.3) is 0 Å². The van der Waals surface area contributed by atoms with Crippen LogP contribution >= 0.6 is 12.2 Å². The molecule has 0 aromatic heterocycles. The Hall–Kier alpha value is -1.10. The molecule has 5 heteroatoms. The Bertz CT molecular complexity index is 157. The summed E-state index contributed by atoms with van der Waals surface area (Å²) in [4.78, 5) is 10.1. The van der Waals surface area contributed by atoms with Gasteiger partial charge in [-0.05, 0) is 12.2 Å². The lowest BCUT2D eigenvalue weighted by Crippen LogP contribution is -2.41. The first-order valence-electron chi connectivity index (χ1n) is 2.62. The van der Waals surface area contributed by atoms with Crippen LogP contribution < -0.4 is 16.4 Å². The molecule has 2 amide bonds. The van der Waals surface area contributed by atoms with Crippen molar-refractivity contribution in [1.29, 1.82) is 0 Å². The number of thiocarbonyl (C=S) groups is 1. The van der Waals surface area contributed by atoms with Crippen LogP contribution in [0.15, 0.2) is 12.7 Å². The predicted molar refractivity (Wildman–Crippen MR) is 43.5 cm³/mol. The topological polar surface area (TPSA) is 67.2 Å². The second-order valence-corrected chi connectivity index (χ2v) is 1.90. The molecule has 0 aliphatic carbocycles. The Morgan fingerprint density at radius 3 is 2.80 bits per heavy atom. The van der Waals surface area contributed by atoms with Gasteiger partial charge in [0, 0.05) is 6.54 Å². The summed E-state index contributed by atoms with van der Waals surface area (Å²) in [7, 11) is 0. The van der Waals surface area contributed by atoms with E-state index < -0.39 is 6.03 Å². The molecule has 0 saturated heterocycles. The van der Waals surface area contributed by atoms with Crippen molar-refractivity contribution in [3.8, 4) is 0 Å². The van der Waals surface area contributed by atoms with E-state index in [1.54, 1.807) is 6.08 Å². The standard InChI is InChI=1S/C5H9N3OS/c1-2-3-7-5(10)8-4(6)9/h2H,1,3H2,(H4,6,7,8,9,10). The number of carbonyl (C=O) groups excluding carboxylic acids is 1. The van der Waals surface area contributed by atoms with E-state index in [-0.39, 0.29) is 5.11 Å². The van der Waals surface area contributed by atoms with E-state index in [9.17, 15) is 4.79 Å². The van der Waals surface area contributed by atoms with Crippen molar-refractivity contribution in [2.24, 2.45) is 5.73 Å². The molecule has 4 N–H and O–H groups in total. The maximum atomic E-state index is 10.1. The van der Waals surface area contributed by atoms with E-state index in [2.05, 4.69) is 29.4 Å². The first kappa shape index (κ1) is 8.90. The molecule has 56 valence electrons. The number of amides is 2. The average Bonchev–Trinajstić information content (AvgIpc) is 1.82. The smallest absolute Gasteiger partial charge is 0.318 e. The summed E-state index contributed by atoms with van der Waals surface area (Å²) in [6.45, 7) is 3.96. The molecule has 0 bridgehead atoms. The highest BCUT2D eigenvalue weighted by Crippen LogP contribution is 1.65. The van der Waals surface area contributed by atoms with Crippen molar-refractivity contribution < 1.29 is 4.79 Å². The highest BCUT2D eigenvalue weighted by Gasteiger charge is 1.94. The molecule has 0 aromatic carbocycles. The third-order valence-corrected chi connectivity index (χ3v) is 0.890. The Labute approximate surface area is 64.5 Å². The van der Waals surface area contributed by atoms with E-state index in [0.717, 1.165) is 0 Å². The summed E-state index contributed by atoms with van der Waals surface area (Å²) in [6.07, 6.45) is 1.62. The lowest BCUT2D eigenvalue weighted by Gasteiger charge is -2.03. The van der Waals surface area contributed by atoms with Gasteiger partial charge in [0.1, 0.15) is 0 Å². The summed E-state index contributed by atoms with van der Waals surface area (Å²) in [5.74, 6) is 0. The number of nitrogens with two attached hydrogens (primary N) is 1. The third-order valence-electron chi connectivity index (χ3n) is 0.644. The fourth-order valence-corrected chi connectivity index (χ4v) is 0.505. The second-order valence-electron chi connectivity index (χ2n) is 1.49. The minimum Gasteiger partial charge on any atom is -0.359 e. The third kappa shape index (κ3) is 5.04. The summed E-state index contributed by atoms with van der Waals surface area (Å²) in [5.41, 5.74) is 4.76. The van der Waals surface area contributed by atoms with Gasteiger partial charge in [-0.1, -0.05) is 6.08 Å². The van der Waals surface area contributed by atoms with Crippen molar-refractivity contribution in [3.05, 3.63) is 12.7 Å². The van der Waals surface area contributed by atoms with Crippen LogP contribution in [-0.2, 0) is 0 Å². The first-order valence-corrected chi connectivity index (χ1v) is 3.03. The van der Waals surface area contributed by atoms with E-state index >= 15 is 0 Å². The molecule has 10 heavy (non-hydrogen) atoms. The van der Waals surface area contributed by atoms with Gasteiger partial charge in [0.2, 0.25) is 0 Å². The Kier molecular flexibility index (Phi) is 4.23.